The summed E-state index contributed by atoms with van der Waals surface area (Å²) in [5, 5.41) is 8.54. The lowest BCUT2D eigenvalue weighted by molar-refractivity contribution is 0.586. The van der Waals surface area contributed by atoms with Gasteiger partial charge in [-0.05, 0) is 18.6 Å². The first-order valence-corrected chi connectivity index (χ1v) is 6.19. The number of nitrogens with one attached hydrogen (secondary N) is 2. The van der Waals surface area contributed by atoms with Crippen molar-refractivity contribution in [2.75, 3.05) is 11.3 Å². The molecule has 0 saturated carbocycles. The third-order valence-corrected chi connectivity index (χ3v) is 2.74. The van der Waals surface area contributed by atoms with Gasteiger partial charge in [-0.3, -0.25) is 4.72 Å². The van der Waals surface area contributed by atoms with E-state index in [2.05, 4.69) is 14.4 Å². The summed E-state index contributed by atoms with van der Waals surface area (Å²) in [6, 6.07) is 4.82. The zero-order valence-corrected chi connectivity index (χ0v) is 9.58. The topological polar surface area (TPSA) is 94.9 Å². The van der Waals surface area contributed by atoms with Crippen LogP contribution < -0.4 is 9.44 Å². The molecule has 0 radical (unpaired) electrons. The Morgan fingerprint density at radius 2 is 2.25 bits per heavy atom. The fourth-order valence-electron chi connectivity index (χ4n) is 0.931. The first-order valence-electron chi connectivity index (χ1n) is 4.71. The van der Waals surface area contributed by atoms with E-state index in [1.807, 2.05) is 13.0 Å². The third kappa shape index (κ3) is 3.84. The molecule has 0 atom stereocenters. The molecule has 1 heterocycles. The van der Waals surface area contributed by atoms with Gasteiger partial charge in [-0.25, -0.2) is 4.98 Å². The van der Waals surface area contributed by atoms with Crippen LogP contribution in [0, 0.1) is 11.3 Å². The second-order valence-electron chi connectivity index (χ2n) is 3.04. The highest BCUT2D eigenvalue weighted by Crippen LogP contribution is 2.05. The van der Waals surface area contributed by atoms with Gasteiger partial charge in [-0.1, -0.05) is 6.92 Å². The van der Waals surface area contributed by atoms with Crippen molar-refractivity contribution in [1.82, 2.24) is 9.71 Å². The molecule has 0 saturated heterocycles. The van der Waals surface area contributed by atoms with Gasteiger partial charge in [-0.2, -0.15) is 18.4 Å². The molecule has 0 aromatic carbocycles. The molecule has 6 nitrogen and oxygen atoms in total. The maximum Gasteiger partial charge on any atom is 0.300 e. The van der Waals surface area contributed by atoms with E-state index in [0.29, 0.717) is 18.5 Å². The Balaban J connectivity index is 2.70. The van der Waals surface area contributed by atoms with Crippen LogP contribution in [0.25, 0.3) is 0 Å². The van der Waals surface area contributed by atoms with Crippen LogP contribution in [0.5, 0.6) is 0 Å². The second-order valence-corrected chi connectivity index (χ2v) is 4.54. The normalized spacial score (nSPS) is 10.8. The maximum absolute atomic E-state index is 11.4. The Bertz CT molecular complexity index is 475. The summed E-state index contributed by atoms with van der Waals surface area (Å²) in [5.41, 5.74) is 0.379. The lowest BCUT2D eigenvalue weighted by Crippen LogP contribution is -2.30. The van der Waals surface area contributed by atoms with Gasteiger partial charge in [0, 0.05) is 12.7 Å². The molecule has 2 N–H and O–H groups in total. The summed E-state index contributed by atoms with van der Waals surface area (Å²) in [7, 11) is -3.56. The number of hydrogen-bond donors (Lipinski definition) is 2. The van der Waals surface area contributed by atoms with Gasteiger partial charge < -0.3 is 0 Å². The summed E-state index contributed by atoms with van der Waals surface area (Å²) in [6.07, 6.45) is 2.01. The molecular formula is C9H12N4O2S. The van der Waals surface area contributed by atoms with Gasteiger partial charge >= 0.3 is 0 Å². The molecule has 0 amide bonds. The number of hydrogen-bond acceptors (Lipinski definition) is 4. The molecule has 0 aliphatic carbocycles. The van der Waals surface area contributed by atoms with Crippen molar-refractivity contribution in [3.63, 3.8) is 0 Å². The number of nitriles is 1. The van der Waals surface area contributed by atoms with Crippen molar-refractivity contribution in [2.45, 2.75) is 13.3 Å². The van der Waals surface area contributed by atoms with Crippen LogP contribution in [0.4, 0.5) is 5.82 Å². The highest BCUT2D eigenvalue weighted by molar-refractivity contribution is 7.90. The molecule has 86 valence electrons. The molecule has 0 fully saturated rings. The van der Waals surface area contributed by atoms with Gasteiger partial charge in [0.05, 0.1) is 5.56 Å². The van der Waals surface area contributed by atoms with Gasteiger partial charge in [0.2, 0.25) is 0 Å². The molecule has 1 aromatic rings. The van der Waals surface area contributed by atoms with E-state index in [1.165, 1.54) is 18.3 Å². The number of rotatable bonds is 5. The number of nitrogens with zero attached hydrogens (tertiary/aromatic N) is 2. The van der Waals surface area contributed by atoms with Crippen molar-refractivity contribution in [3.05, 3.63) is 23.9 Å². The minimum absolute atomic E-state index is 0.183. The molecule has 0 spiro atoms. The first kappa shape index (κ1) is 12.4. The Labute approximate surface area is 94.5 Å². The standard InChI is InChI=1S/C9H12N4O2S/c1-2-5-12-16(14,15)13-9-4-3-8(6-10)7-11-9/h3-4,7,12H,2,5H2,1H3,(H,11,13). The van der Waals surface area contributed by atoms with Crippen LogP contribution in [0.3, 0.4) is 0 Å². The van der Waals surface area contributed by atoms with E-state index in [9.17, 15) is 8.42 Å². The quantitative estimate of drug-likeness (QED) is 0.788. The minimum Gasteiger partial charge on any atom is -0.255 e. The van der Waals surface area contributed by atoms with E-state index in [4.69, 9.17) is 5.26 Å². The SMILES string of the molecule is CCCNS(=O)(=O)Nc1ccc(C#N)cn1. The smallest absolute Gasteiger partial charge is 0.255 e. The monoisotopic (exact) mass is 240 g/mol. The zero-order valence-electron chi connectivity index (χ0n) is 8.77. The zero-order chi connectivity index (χ0) is 12.0. The average molecular weight is 240 g/mol. The van der Waals surface area contributed by atoms with Crippen LogP contribution in [0.1, 0.15) is 18.9 Å². The van der Waals surface area contributed by atoms with E-state index >= 15 is 0 Å². The Morgan fingerprint density at radius 3 is 2.75 bits per heavy atom. The van der Waals surface area contributed by atoms with Crippen LogP contribution >= 0.6 is 0 Å². The number of aromatic nitrogens is 1. The summed E-state index contributed by atoms with van der Waals surface area (Å²) < 4.78 is 27.4. The molecule has 0 bridgehead atoms. The lowest BCUT2D eigenvalue weighted by atomic mass is 10.3. The minimum atomic E-state index is -3.56. The van der Waals surface area contributed by atoms with E-state index < -0.39 is 10.2 Å². The summed E-state index contributed by atoms with van der Waals surface area (Å²) in [4.78, 5) is 3.79. The fourth-order valence-corrected chi connectivity index (χ4v) is 1.87. The molecule has 0 aliphatic heterocycles. The number of pyridine rings is 1. The average Bonchev–Trinajstić information content (AvgIpc) is 2.27. The van der Waals surface area contributed by atoms with Crippen LogP contribution in [0.2, 0.25) is 0 Å². The Hall–Kier alpha value is -1.65. The number of anilines is 1. The van der Waals surface area contributed by atoms with E-state index in [-0.39, 0.29) is 5.82 Å². The summed E-state index contributed by atoms with van der Waals surface area (Å²) in [5.74, 6) is 0.183. The van der Waals surface area contributed by atoms with Crippen molar-refractivity contribution >= 4 is 16.0 Å². The maximum atomic E-state index is 11.4. The highest BCUT2D eigenvalue weighted by Gasteiger charge is 2.08. The van der Waals surface area contributed by atoms with E-state index in [0.717, 1.165) is 0 Å². The molecule has 1 aromatic heterocycles. The van der Waals surface area contributed by atoms with Gasteiger partial charge in [0.25, 0.3) is 10.2 Å². The first-order chi connectivity index (χ1) is 7.57. The molecule has 0 unspecified atom stereocenters. The third-order valence-electron chi connectivity index (χ3n) is 1.67. The van der Waals surface area contributed by atoms with Crippen molar-refractivity contribution in [1.29, 1.82) is 5.26 Å². The van der Waals surface area contributed by atoms with Gasteiger partial charge in [-0.15, -0.1) is 0 Å². The van der Waals surface area contributed by atoms with Crippen LogP contribution in [-0.4, -0.2) is 19.9 Å². The highest BCUT2D eigenvalue weighted by atomic mass is 32.2. The molecule has 0 aliphatic rings. The van der Waals surface area contributed by atoms with Gasteiger partial charge in [0.1, 0.15) is 11.9 Å². The molecule has 1 rings (SSSR count). The summed E-state index contributed by atoms with van der Waals surface area (Å²) >= 11 is 0. The predicted octanol–water partition coefficient (Wildman–Crippen LogP) is 0.610. The second kappa shape index (κ2) is 5.44. The van der Waals surface area contributed by atoms with Crippen molar-refractivity contribution < 1.29 is 8.42 Å². The summed E-state index contributed by atoms with van der Waals surface area (Å²) in [6.45, 7) is 2.23. The van der Waals surface area contributed by atoms with Crippen molar-refractivity contribution in [2.24, 2.45) is 0 Å². The van der Waals surface area contributed by atoms with Crippen LogP contribution in [-0.2, 0) is 10.2 Å². The molecule has 7 heteroatoms. The van der Waals surface area contributed by atoms with Gasteiger partial charge in [0.15, 0.2) is 0 Å². The fraction of sp³-hybridized carbons (Fsp3) is 0.333. The van der Waals surface area contributed by atoms with Crippen molar-refractivity contribution in [3.8, 4) is 6.07 Å². The molecular weight excluding hydrogens is 228 g/mol. The van der Waals surface area contributed by atoms with E-state index in [1.54, 1.807) is 0 Å². The van der Waals surface area contributed by atoms with Crippen LogP contribution in [0.15, 0.2) is 18.3 Å². The molecule has 16 heavy (non-hydrogen) atoms. The predicted molar refractivity (Wildman–Crippen MR) is 59.8 cm³/mol. The Kier molecular flexibility index (Phi) is 4.22. The lowest BCUT2D eigenvalue weighted by Gasteiger charge is -2.07. The Morgan fingerprint density at radius 1 is 1.50 bits per heavy atom. The largest absolute Gasteiger partial charge is 0.300 e.